The third-order valence-electron chi connectivity index (χ3n) is 3.81. The number of ether oxygens (including phenoxy) is 1. The van der Waals surface area contributed by atoms with Crippen LogP contribution in [0.25, 0.3) is 10.9 Å². The van der Waals surface area contributed by atoms with Crippen LogP contribution in [0, 0.1) is 12.8 Å². The van der Waals surface area contributed by atoms with Crippen LogP contribution in [0.2, 0.25) is 0 Å². The van der Waals surface area contributed by atoms with Crippen LogP contribution in [0.1, 0.15) is 25.8 Å². The summed E-state index contributed by atoms with van der Waals surface area (Å²) in [7, 11) is 1.33. The first-order valence-electron chi connectivity index (χ1n) is 7.22. The van der Waals surface area contributed by atoms with Gasteiger partial charge in [0.2, 0.25) is 0 Å². The Labute approximate surface area is 128 Å². The van der Waals surface area contributed by atoms with Gasteiger partial charge in [0, 0.05) is 0 Å². The number of hydrogen-bond acceptors (Lipinski definition) is 6. The van der Waals surface area contributed by atoms with E-state index in [9.17, 15) is 9.59 Å². The van der Waals surface area contributed by atoms with E-state index in [1.54, 1.807) is 6.07 Å². The highest BCUT2D eigenvalue weighted by Gasteiger charge is 2.26. The molecule has 1 aromatic carbocycles. The van der Waals surface area contributed by atoms with Gasteiger partial charge in [0.05, 0.1) is 18.0 Å². The van der Waals surface area contributed by atoms with E-state index in [1.165, 1.54) is 7.11 Å². The van der Waals surface area contributed by atoms with Crippen molar-refractivity contribution >= 4 is 22.9 Å². The molecule has 0 aliphatic rings. The number of rotatable bonds is 5. The summed E-state index contributed by atoms with van der Waals surface area (Å²) >= 11 is 0. The fourth-order valence-corrected chi connectivity index (χ4v) is 2.27. The van der Waals surface area contributed by atoms with Gasteiger partial charge in [-0.05, 0) is 24.5 Å². The smallest absolute Gasteiger partial charge is 0.348 e. The van der Waals surface area contributed by atoms with Crippen LogP contribution in [0.3, 0.4) is 0 Å². The highest BCUT2D eigenvalue weighted by molar-refractivity contribution is 5.82. The second kappa shape index (κ2) is 6.60. The van der Waals surface area contributed by atoms with E-state index < -0.39 is 17.6 Å². The molecule has 0 aliphatic heterocycles. The van der Waals surface area contributed by atoms with Crippen molar-refractivity contribution in [2.45, 2.75) is 33.2 Å². The van der Waals surface area contributed by atoms with Crippen molar-refractivity contribution in [2.24, 2.45) is 5.92 Å². The molecule has 0 radical (unpaired) electrons. The topological polar surface area (TPSA) is 81.4 Å². The van der Waals surface area contributed by atoms with Crippen LogP contribution >= 0.6 is 0 Å². The van der Waals surface area contributed by atoms with Crippen LogP contribution in [-0.2, 0) is 9.53 Å². The average Bonchev–Trinajstić information content (AvgIpc) is 2.51. The quantitative estimate of drug-likeness (QED) is 0.855. The number of esters is 1. The van der Waals surface area contributed by atoms with E-state index in [1.807, 2.05) is 32.9 Å². The largest absolute Gasteiger partial charge is 0.467 e. The van der Waals surface area contributed by atoms with Crippen LogP contribution < -0.4 is 10.9 Å². The molecule has 0 spiro atoms. The third kappa shape index (κ3) is 3.10. The van der Waals surface area contributed by atoms with Crippen molar-refractivity contribution in [2.75, 3.05) is 12.4 Å². The summed E-state index contributed by atoms with van der Waals surface area (Å²) in [6.45, 7) is 5.71. The predicted molar refractivity (Wildman–Crippen MR) is 83.9 cm³/mol. The van der Waals surface area contributed by atoms with Gasteiger partial charge >= 0.3 is 11.6 Å². The molecule has 2 atom stereocenters. The lowest BCUT2D eigenvalue weighted by molar-refractivity contribution is -0.142. The Kier molecular flexibility index (Phi) is 4.80. The van der Waals surface area contributed by atoms with Crippen LogP contribution in [-0.4, -0.2) is 24.1 Å². The number of benzene rings is 1. The summed E-state index contributed by atoms with van der Waals surface area (Å²) in [6, 6.07) is 4.79. The van der Waals surface area contributed by atoms with Crippen LogP contribution in [0.15, 0.2) is 27.4 Å². The van der Waals surface area contributed by atoms with Crippen molar-refractivity contribution in [3.63, 3.8) is 0 Å². The normalized spacial score (nSPS) is 13.6. The molecule has 2 aromatic rings. The van der Waals surface area contributed by atoms with E-state index in [2.05, 4.69) is 10.3 Å². The molecule has 2 rings (SSSR count). The summed E-state index contributed by atoms with van der Waals surface area (Å²) in [5.41, 5.74) is 0.863. The maximum absolute atomic E-state index is 12.1. The van der Waals surface area contributed by atoms with Crippen LogP contribution in [0.4, 0.5) is 6.01 Å². The predicted octanol–water partition coefficient (Wildman–Crippen LogP) is 2.50. The number of aromatic nitrogens is 1. The molecule has 0 unspecified atom stereocenters. The number of fused-ring (bicyclic) bond motifs is 1. The number of carbonyl (C=O) groups excluding carboxylic acids is 1. The van der Waals surface area contributed by atoms with Gasteiger partial charge < -0.3 is 14.5 Å². The monoisotopic (exact) mass is 304 g/mol. The molecule has 6 heteroatoms. The van der Waals surface area contributed by atoms with E-state index in [0.717, 1.165) is 12.0 Å². The van der Waals surface area contributed by atoms with E-state index in [-0.39, 0.29) is 11.9 Å². The number of carbonyl (C=O) groups is 1. The molecule has 0 aliphatic carbocycles. The summed E-state index contributed by atoms with van der Waals surface area (Å²) in [4.78, 5) is 28.3. The molecule has 0 saturated heterocycles. The van der Waals surface area contributed by atoms with Crippen molar-refractivity contribution in [3.8, 4) is 0 Å². The first-order chi connectivity index (χ1) is 10.5. The lowest BCUT2D eigenvalue weighted by Crippen LogP contribution is -2.37. The van der Waals surface area contributed by atoms with E-state index in [0.29, 0.717) is 10.9 Å². The number of methoxy groups -OCH3 is 1. The van der Waals surface area contributed by atoms with Gasteiger partial charge in [-0.15, -0.1) is 0 Å². The molecule has 0 amide bonds. The molecule has 1 aromatic heterocycles. The van der Waals surface area contributed by atoms with Gasteiger partial charge in [-0.2, -0.15) is 4.98 Å². The summed E-state index contributed by atoms with van der Waals surface area (Å²) < 4.78 is 10.0. The molecule has 1 N–H and O–H groups in total. The molecule has 22 heavy (non-hydrogen) atoms. The molecule has 1 heterocycles. The lowest BCUT2D eigenvalue weighted by atomic mass is 9.99. The van der Waals surface area contributed by atoms with Gasteiger partial charge in [0.1, 0.15) is 6.04 Å². The highest BCUT2D eigenvalue weighted by Crippen LogP contribution is 2.18. The number of nitrogens with one attached hydrogen (secondary N) is 1. The highest BCUT2D eigenvalue weighted by atomic mass is 16.5. The minimum atomic E-state index is -0.618. The van der Waals surface area contributed by atoms with Crippen molar-refractivity contribution in [1.82, 2.24) is 4.98 Å². The van der Waals surface area contributed by atoms with E-state index >= 15 is 0 Å². The van der Waals surface area contributed by atoms with Crippen molar-refractivity contribution < 1.29 is 13.9 Å². The third-order valence-corrected chi connectivity index (χ3v) is 3.81. The summed E-state index contributed by atoms with van der Waals surface area (Å²) in [5.74, 6) is -0.407. The Morgan fingerprint density at radius 1 is 1.45 bits per heavy atom. The molecular formula is C16H20N2O4. The first kappa shape index (κ1) is 16.0. The summed E-state index contributed by atoms with van der Waals surface area (Å²) in [5, 5.41) is 3.33. The van der Waals surface area contributed by atoms with Gasteiger partial charge in [-0.3, -0.25) is 0 Å². The lowest BCUT2D eigenvalue weighted by Gasteiger charge is -2.21. The number of anilines is 1. The molecule has 6 nitrogen and oxygen atoms in total. The number of aryl methyl sites for hydroxylation is 1. The maximum atomic E-state index is 12.1. The zero-order valence-corrected chi connectivity index (χ0v) is 13.2. The maximum Gasteiger partial charge on any atom is 0.348 e. The Morgan fingerprint density at radius 3 is 2.82 bits per heavy atom. The standard InChI is InChI=1S/C16H20N2O4/c1-5-9(2)13(15(20)21-4)18-16-17-11-8-6-7-10(3)12(11)14(19)22-16/h6-9,13H,5H2,1-4H3,(H,17,18)/t9-,13-/m0/s1. The Balaban J connectivity index is 2.42. The molecule has 118 valence electrons. The zero-order valence-electron chi connectivity index (χ0n) is 13.2. The van der Waals surface area contributed by atoms with Crippen molar-refractivity contribution in [3.05, 3.63) is 34.2 Å². The zero-order chi connectivity index (χ0) is 16.3. The molecule has 0 saturated carbocycles. The minimum absolute atomic E-state index is 0.00718. The Bertz CT molecular complexity index is 738. The van der Waals surface area contributed by atoms with Gasteiger partial charge in [-0.1, -0.05) is 32.4 Å². The molecular weight excluding hydrogens is 284 g/mol. The number of hydrogen-bond donors (Lipinski definition) is 1. The second-order valence-corrected chi connectivity index (χ2v) is 5.31. The Morgan fingerprint density at radius 2 is 2.18 bits per heavy atom. The molecule has 0 fully saturated rings. The Hall–Kier alpha value is -2.37. The van der Waals surface area contributed by atoms with Gasteiger partial charge in [-0.25, -0.2) is 9.59 Å². The average molecular weight is 304 g/mol. The van der Waals surface area contributed by atoms with Gasteiger partial charge in [0.25, 0.3) is 6.01 Å². The second-order valence-electron chi connectivity index (χ2n) is 5.31. The molecule has 0 bridgehead atoms. The minimum Gasteiger partial charge on any atom is -0.467 e. The summed E-state index contributed by atoms with van der Waals surface area (Å²) in [6.07, 6.45) is 0.768. The van der Waals surface area contributed by atoms with Gasteiger partial charge in [0.15, 0.2) is 0 Å². The fourth-order valence-electron chi connectivity index (χ4n) is 2.27. The fraction of sp³-hybridized carbons (Fsp3) is 0.438. The van der Waals surface area contributed by atoms with Crippen molar-refractivity contribution in [1.29, 1.82) is 0 Å². The SMILES string of the molecule is CC[C@H](C)[C@H](Nc1nc2cccc(C)c2c(=O)o1)C(=O)OC. The van der Waals surface area contributed by atoms with E-state index in [4.69, 9.17) is 9.15 Å². The first-order valence-corrected chi connectivity index (χ1v) is 7.22. The van der Waals surface area contributed by atoms with Crippen LogP contribution in [0.5, 0.6) is 0 Å². The number of nitrogens with zero attached hydrogens (tertiary/aromatic N) is 1.